The Labute approximate surface area is 201 Å². The molecule has 0 aromatic rings. The second kappa shape index (κ2) is 8.13. The molecule has 0 aromatic carbocycles. The quantitative estimate of drug-likeness (QED) is 0.488. The van der Waals surface area contributed by atoms with Crippen molar-refractivity contribution in [1.82, 2.24) is 0 Å². The van der Waals surface area contributed by atoms with Crippen molar-refractivity contribution in [3.05, 3.63) is 46.3 Å². The van der Waals surface area contributed by atoms with Gasteiger partial charge < -0.3 is 14.6 Å². The van der Waals surface area contributed by atoms with Crippen LogP contribution >= 0.6 is 0 Å². The van der Waals surface area contributed by atoms with E-state index in [1.807, 2.05) is 13.0 Å². The summed E-state index contributed by atoms with van der Waals surface area (Å²) in [5, 5.41) is 10.5. The lowest BCUT2D eigenvalue weighted by atomic mass is 9.58. The molecule has 2 aliphatic carbocycles. The van der Waals surface area contributed by atoms with Crippen LogP contribution in [-0.2, 0) is 23.9 Å². The third-order valence-electron chi connectivity index (χ3n) is 8.38. The van der Waals surface area contributed by atoms with E-state index in [1.165, 1.54) is 6.08 Å². The molecule has 0 unspecified atom stereocenters. The molecule has 0 radical (unpaired) electrons. The van der Waals surface area contributed by atoms with Gasteiger partial charge in [-0.1, -0.05) is 19.9 Å². The van der Waals surface area contributed by atoms with Crippen molar-refractivity contribution >= 4 is 17.3 Å². The summed E-state index contributed by atoms with van der Waals surface area (Å²) in [6, 6.07) is 0. The Kier molecular flexibility index (Phi) is 5.93. The average Bonchev–Trinajstić information content (AvgIpc) is 2.77. The van der Waals surface area contributed by atoms with Crippen molar-refractivity contribution in [2.24, 2.45) is 11.3 Å². The number of hydrogen-bond acceptors (Lipinski definition) is 6. The maximum Gasteiger partial charge on any atom is 0.225 e. The van der Waals surface area contributed by atoms with Crippen molar-refractivity contribution in [3.8, 4) is 0 Å². The molecule has 2 fully saturated rings. The first kappa shape index (κ1) is 24.8. The number of ketones is 3. The summed E-state index contributed by atoms with van der Waals surface area (Å²) < 4.78 is 12.8. The van der Waals surface area contributed by atoms with Crippen LogP contribution in [0.15, 0.2) is 46.3 Å². The van der Waals surface area contributed by atoms with Crippen LogP contribution < -0.4 is 0 Å². The molecule has 1 N–H and O–H groups in total. The van der Waals surface area contributed by atoms with E-state index >= 15 is 0 Å². The third-order valence-corrected chi connectivity index (χ3v) is 8.38. The topological polar surface area (TPSA) is 89.9 Å². The van der Waals surface area contributed by atoms with Crippen molar-refractivity contribution < 1.29 is 29.0 Å². The second-order valence-corrected chi connectivity index (χ2v) is 11.2. The maximum atomic E-state index is 13.4. The van der Waals surface area contributed by atoms with Gasteiger partial charge in [0.25, 0.3) is 0 Å². The van der Waals surface area contributed by atoms with Gasteiger partial charge >= 0.3 is 0 Å². The van der Waals surface area contributed by atoms with Gasteiger partial charge in [-0.05, 0) is 83.6 Å². The molecular weight excluding hydrogens is 432 g/mol. The van der Waals surface area contributed by atoms with E-state index in [9.17, 15) is 19.5 Å². The van der Waals surface area contributed by atoms with E-state index in [0.29, 0.717) is 18.4 Å². The van der Waals surface area contributed by atoms with Crippen LogP contribution in [0.5, 0.6) is 0 Å². The minimum Gasteiger partial charge on any atom is -0.478 e. The van der Waals surface area contributed by atoms with Crippen molar-refractivity contribution in [3.63, 3.8) is 0 Å². The van der Waals surface area contributed by atoms with Crippen LogP contribution in [0.1, 0.15) is 74.1 Å². The van der Waals surface area contributed by atoms with Crippen molar-refractivity contribution in [2.45, 2.75) is 97.6 Å². The Morgan fingerprint density at radius 1 is 1.21 bits per heavy atom. The number of fused-ring (bicyclic) bond motifs is 3. The molecule has 4 aliphatic rings. The Hall–Kier alpha value is -2.31. The van der Waals surface area contributed by atoms with Crippen molar-refractivity contribution in [2.75, 3.05) is 0 Å². The number of hydrogen-bond donors (Lipinski definition) is 1. The van der Waals surface area contributed by atoms with Crippen LogP contribution in [0.2, 0.25) is 0 Å². The molecule has 0 bridgehead atoms. The number of rotatable bonds is 4. The zero-order valence-corrected chi connectivity index (χ0v) is 21.3. The highest BCUT2D eigenvalue weighted by atomic mass is 16.5. The third kappa shape index (κ3) is 3.75. The van der Waals surface area contributed by atoms with Gasteiger partial charge in [0.1, 0.15) is 5.60 Å². The van der Waals surface area contributed by atoms with Crippen LogP contribution in [0, 0.1) is 11.3 Å². The molecule has 5 atom stereocenters. The fraction of sp³-hybridized carbons (Fsp3) is 0.607. The number of allylic oxidation sites excluding steroid dienone is 6. The van der Waals surface area contributed by atoms with E-state index in [4.69, 9.17) is 9.47 Å². The maximum absolute atomic E-state index is 13.4. The predicted molar refractivity (Wildman–Crippen MR) is 128 cm³/mol. The standard InChI is InChI=1S/C28H36O6/c1-8-15(2)23(30)16(3)17-13-19(29)18-14-20-27(6)11-9-21(26(4,5)32)33-22(27)10-12-28(20,7)34-25(18)24(17)31/h8,13-14,16,21-22,32H,9-12H2,1-7H3/b15-8-/t16-,21+,22+,27+,28+/m0/s1. The first-order chi connectivity index (χ1) is 15.7. The van der Waals surface area contributed by atoms with Crippen molar-refractivity contribution in [1.29, 1.82) is 0 Å². The number of carbonyl (C=O) groups is 3. The van der Waals surface area contributed by atoms with Crippen LogP contribution in [0.4, 0.5) is 0 Å². The molecule has 34 heavy (non-hydrogen) atoms. The summed E-state index contributed by atoms with van der Waals surface area (Å²) in [5.41, 5.74) is -0.0652. The minimum absolute atomic E-state index is 0.0553. The Morgan fingerprint density at radius 3 is 2.50 bits per heavy atom. The fourth-order valence-corrected chi connectivity index (χ4v) is 6.00. The van der Waals surface area contributed by atoms with Crippen LogP contribution in [0.3, 0.4) is 0 Å². The molecule has 1 saturated heterocycles. The monoisotopic (exact) mass is 468 g/mol. The Bertz CT molecular complexity index is 1080. The molecular formula is C28H36O6. The normalized spacial score (nSPS) is 34.9. The molecule has 2 heterocycles. The summed E-state index contributed by atoms with van der Waals surface area (Å²) in [4.78, 5) is 39.3. The average molecular weight is 469 g/mol. The Morgan fingerprint density at radius 2 is 1.88 bits per heavy atom. The lowest BCUT2D eigenvalue weighted by Crippen LogP contribution is -2.58. The predicted octanol–water partition coefficient (Wildman–Crippen LogP) is 4.32. The van der Waals surface area contributed by atoms with E-state index in [2.05, 4.69) is 6.92 Å². The molecule has 6 heteroatoms. The largest absolute Gasteiger partial charge is 0.478 e. The van der Waals surface area contributed by atoms with E-state index in [0.717, 1.165) is 18.4 Å². The highest BCUT2D eigenvalue weighted by molar-refractivity contribution is 6.25. The number of ether oxygens (including phenoxy) is 2. The summed E-state index contributed by atoms with van der Waals surface area (Å²) in [6.07, 6.45) is 7.33. The van der Waals surface area contributed by atoms with E-state index in [1.54, 1.807) is 40.7 Å². The highest BCUT2D eigenvalue weighted by Gasteiger charge is 2.57. The lowest BCUT2D eigenvalue weighted by molar-refractivity contribution is -0.196. The van der Waals surface area contributed by atoms with E-state index in [-0.39, 0.29) is 51.9 Å². The zero-order valence-electron chi connectivity index (χ0n) is 21.3. The fourth-order valence-electron chi connectivity index (χ4n) is 6.00. The summed E-state index contributed by atoms with van der Waals surface area (Å²) in [7, 11) is 0. The molecule has 2 aliphatic heterocycles. The van der Waals surface area contributed by atoms with E-state index < -0.39 is 17.1 Å². The SMILES string of the molecule is C/C=C(/C)C(=O)[C@@H](C)C1=CC(=O)C2=C(O[C@]3(C)CC[C@H]4O[C@@H](C(C)(C)O)CC[C@]4(C)C3=C2)C1=O. The first-order valence-electron chi connectivity index (χ1n) is 12.2. The summed E-state index contributed by atoms with van der Waals surface area (Å²) in [6.45, 7) is 12.8. The summed E-state index contributed by atoms with van der Waals surface area (Å²) >= 11 is 0. The Balaban J connectivity index is 1.70. The zero-order chi connectivity index (χ0) is 25.2. The summed E-state index contributed by atoms with van der Waals surface area (Å²) in [5.74, 6) is -1.54. The molecule has 184 valence electrons. The molecule has 0 aromatic heterocycles. The first-order valence-corrected chi connectivity index (χ1v) is 12.2. The molecule has 6 nitrogen and oxygen atoms in total. The minimum atomic E-state index is -0.929. The van der Waals surface area contributed by atoms with Gasteiger partial charge in [-0.15, -0.1) is 0 Å². The lowest BCUT2D eigenvalue weighted by Gasteiger charge is -2.57. The smallest absolute Gasteiger partial charge is 0.225 e. The van der Waals surface area contributed by atoms with Gasteiger partial charge in [0.05, 0.1) is 23.4 Å². The second-order valence-electron chi connectivity index (χ2n) is 11.2. The number of carbonyl (C=O) groups excluding carboxylic acids is 3. The molecule has 4 rings (SSSR count). The van der Waals surface area contributed by atoms with Gasteiger partial charge in [-0.25, -0.2) is 0 Å². The van der Waals surface area contributed by atoms with Crippen LogP contribution in [0.25, 0.3) is 0 Å². The number of Topliss-reactive ketones (excluding diaryl/α,β-unsaturated/α-hetero) is 2. The highest BCUT2D eigenvalue weighted by Crippen LogP contribution is 2.57. The van der Waals surface area contributed by atoms with Gasteiger partial charge in [-0.3, -0.25) is 14.4 Å². The van der Waals surface area contributed by atoms with Gasteiger partial charge in [0.2, 0.25) is 5.78 Å². The van der Waals surface area contributed by atoms with Gasteiger partial charge in [-0.2, -0.15) is 0 Å². The molecule has 1 saturated carbocycles. The van der Waals surface area contributed by atoms with Crippen LogP contribution in [-0.4, -0.2) is 45.9 Å². The van der Waals surface area contributed by atoms with Gasteiger partial charge in [0.15, 0.2) is 17.3 Å². The molecule has 0 amide bonds. The number of aliphatic hydroxyl groups is 1. The van der Waals surface area contributed by atoms with Gasteiger partial charge in [0, 0.05) is 16.9 Å². The molecule has 0 spiro atoms.